The van der Waals surface area contributed by atoms with Crippen LogP contribution >= 0.6 is 24.0 Å². The van der Waals surface area contributed by atoms with Gasteiger partial charge in [-0.1, -0.05) is 18.2 Å². The second-order valence-electron chi connectivity index (χ2n) is 5.19. The van der Waals surface area contributed by atoms with Gasteiger partial charge in [0, 0.05) is 13.1 Å². The van der Waals surface area contributed by atoms with Gasteiger partial charge in [0.15, 0.2) is 15.8 Å². The molecule has 1 aromatic carbocycles. The zero-order valence-electron chi connectivity index (χ0n) is 14.1. The molecule has 0 spiro atoms. The Morgan fingerprint density at radius 1 is 1.12 bits per heavy atom. The molecule has 0 bridgehead atoms. The molecule has 1 aromatic heterocycles. The SMILES string of the molecule is CCNC(=NCc1ccco1)NCCCS(=O)(=O)c1ccccc1.I. The summed E-state index contributed by atoms with van der Waals surface area (Å²) < 4.78 is 29.6. The Hall–Kier alpha value is -1.55. The van der Waals surface area contributed by atoms with E-state index in [1.807, 2.05) is 19.1 Å². The third-order valence-electron chi connectivity index (χ3n) is 3.30. The summed E-state index contributed by atoms with van der Waals surface area (Å²) in [6, 6.07) is 12.2. The van der Waals surface area contributed by atoms with E-state index in [4.69, 9.17) is 4.42 Å². The summed E-state index contributed by atoms with van der Waals surface area (Å²) >= 11 is 0. The van der Waals surface area contributed by atoms with Crippen LogP contribution in [0.4, 0.5) is 0 Å². The second-order valence-corrected chi connectivity index (χ2v) is 7.30. The average Bonchev–Trinajstić information content (AvgIpc) is 3.11. The minimum absolute atomic E-state index is 0. The largest absolute Gasteiger partial charge is 0.467 e. The van der Waals surface area contributed by atoms with Crippen molar-refractivity contribution in [1.82, 2.24) is 10.6 Å². The van der Waals surface area contributed by atoms with Crippen LogP contribution in [0.15, 0.2) is 63.0 Å². The molecule has 0 aliphatic heterocycles. The number of rotatable bonds is 8. The van der Waals surface area contributed by atoms with Crippen LogP contribution in [0.25, 0.3) is 0 Å². The fourth-order valence-electron chi connectivity index (χ4n) is 2.12. The molecule has 6 nitrogen and oxygen atoms in total. The number of nitrogens with one attached hydrogen (secondary N) is 2. The molecule has 0 fully saturated rings. The Labute approximate surface area is 166 Å². The Balaban J connectivity index is 0.00000312. The van der Waals surface area contributed by atoms with E-state index in [0.717, 1.165) is 12.3 Å². The number of hydrogen-bond donors (Lipinski definition) is 2. The molecular formula is C17H24IN3O3S. The average molecular weight is 477 g/mol. The van der Waals surface area contributed by atoms with E-state index < -0.39 is 9.84 Å². The van der Waals surface area contributed by atoms with Crippen molar-refractivity contribution in [2.24, 2.45) is 4.99 Å². The number of hydrogen-bond acceptors (Lipinski definition) is 4. The number of sulfone groups is 1. The maximum atomic E-state index is 12.2. The lowest BCUT2D eigenvalue weighted by Gasteiger charge is -2.11. The van der Waals surface area contributed by atoms with E-state index in [-0.39, 0.29) is 29.7 Å². The number of halogens is 1. The fraction of sp³-hybridized carbons (Fsp3) is 0.353. The summed E-state index contributed by atoms with van der Waals surface area (Å²) in [4.78, 5) is 4.76. The van der Waals surface area contributed by atoms with Crippen molar-refractivity contribution >= 4 is 39.8 Å². The zero-order valence-corrected chi connectivity index (χ0v) is 17.3. The summed E-state index contributed by atoms with van der Waals surface area (Å²) in [5.74, 6) is 1.52. The van der Waals surface area contributed by atoms with Crippen molar-refractivity contribution in [2.75, 3.05) is 18.8 Å². The molecule has 2 rings (SSSR count). The van der Waals surface area contributed by atoms with Crippen LogP contribution in [0.1, 0.15) is 19.1 Å². The molecule has 0 amide bonds. The van der Waals surface area contributed by atoms with E-state index >= 15 is 0 Å². The Kier molecular flexibility index (Phi) is 9.58. The minimum atomic E-state index is -3.23. The molecule has 0 aliphatic rings. The molecule has 0 saturated heterocycles. The van der Waals surface area contributed by atoms with E-state index in [9.17, 15) is 8.42 Å². The number of guanidine groups is 1. The van der Waals surface area contributed by atoms with Crippen molar-refractivity contribution in [2.45, 2.75) is 24.8 Å². The van der Waals surface area contributed by atoms with Gasteiger partial charge in [-0.2, -0.15) is 0 Å². The van der Waals surface area contributed by atoms with Gasteiger partial charge in [-0.05, 0) is 37.6 Å². The first-order chi connectivity index (χ1) is 11.6. The molecule has 0 radical (unpaired) electrons. The van der Waals surface area contributed by atoms with Crippen LogP contribution in [0, 0.1) is 0 Å². The summed E-state index contributed by atoms with van der Waals surface area (Å²) in [5, 5.41) is 6.26. The Morgan fingerprint density at radius 3 is 2.52 bits per heavy atom. The van der Waals surface area contributed by atoms with E-state index in [1.54, 1.807) is 36.6 Å². The second kappa shape index (κ2) is 11.1. The van der Waals surface area contributed by atoms with E-state index in [0.29, 0.717) is 30.4 Å². The van der Waals surface area contributed by atoms with Crippen molar-refractivity contribution in [3.63, 3.8) is 0 Å². The number of furan rings is 1. The lowest BCUT2D eigenvalue weighted by Crippen LogP contribution is -2.38. The molecule has 1 heterocycles. The van der Waals surface area contributed by atoms with Gasteiger partial charge in [-0.25, -0.2) is 13.4 Å². The molecular weight excluding hydrogens is 453 g/mol. The molecule has 0 saturated carbocycles. The standard InChI is InChI=1S/C17H23N3O3S.HI/c1-2-18-17(20-14-15-8-6-12-23-15)19-11-7-13-24(21,22)16-9-4-3-5-10-16;/h3-6,8-10,12H,2,7,11,13-14H2,1H3,(H2,18,19,20);1H. The van der Waals surface area contributed by atoms with Crippen molar-refractivity contribution in [1.29, 1.82) is 0 Å². The molecule has 138 valence electrons. The first-order valence-electron chi connectivity index (χ1n) is 7.94. The highest BCUT2D eigenvalue weighted by Crippen LogP contribution is 2.10. The molecule has 2 N–H and O–H groups in total. The van der Waals surface area contributed by atoms with E-state index in [2.05, 4.69) is 15.6 Å². The van der Waals surface area contributed by atoms with E-state index in [1.165, 1.54) is 0 Å². The van der Waals surface area contributed by atoms with Gasteiger partial charge in [-0.3, -0.25) is 0 Å². The van der Waals surface area contributed by atoms with Crippen LogP contribution in [-0.2, 0) is 16.4 Å². The van der Waals surface area contributed by atoms with Crippen molar-refractivity contribution < 1.29 is 12.8 Å². The molecule has 25 heavy (non-hydrogen) atoms. The van der Waals surface area contributed by atoms with Gasteiger partial charge >= 0.3 is 0 Å². The number of benzene rings is 1. The van der Waals surface area contributed by atoms with Crippen LogP contribution < -0.4 is 10.6 Å². The van der Waals surface area contributed by atoms with Gasteiger partial charge in [-0.15, -0.1) is 24.0 Å². The molecule has 8 heteroatoms. The maximum Gasteiger partial charge on any atom is 0.191 e. The highest BCUT2D eigenvalue weighted by molar-refractivity contribution is 14.0. The summed E-state index contributed by atoms with van der Waals surface area (Å²) in [6.45, 7) is 3.66. The van der Waals surface area contributed by atoms with Crippen LogP contribution in [-0.4, -0.2) is 33.2 Å². The summed E-state index contributed by atoms with van der Waals surface area (Å²) in [5.41, 5.74) is 0. The first kappa shape index (κ1) is 21.5. The molecule has 0 unspecified atom stereocenters. The Morgan fingerprint density at radius 2 is 1.88 bits per heavy atom. The summed E-state index contributed by atoms with van der Waals surface area (Å²) in [6.07, 6.45) is 2.11. The lowest BCUT2D eigenvalue weighted by molar-refractivity contribution is 0.512. The fourth-order valence-corrected chi connectivity index (χ4v) is 3.45. The maximum absolute atomic E-state index is 12.2. The normalized spacial score (nSPS) is 11.6. The van der Waals surface area contributed by atoms with Gasteiger partial charge in [0.25, 0.3) is 0 Å². The number of nitrogens with zero attached hydrogens (tertiary/aromatic N) is 1. The third kappa shape index (κ3) is 7.47. The summed E-state index contributed by atoms with van der Waals surface area (Å²) in [7, 11) is -3.23. The zero-order chi connectivity index (χ0) is 17.3. The quantitative estimate of drug-likeness (QED) is 0.265. The third-order valence-corrected chi connectivity index (χ3v) is 5.12. The predicted molar refractivity (Wildman–Crippen MR) is 110 cm³/mol. The highest BCUT2D eigenvalue weighted by atomic mass is 127. The van der Waals surface area contributed by atoms with Crippen LogP contribution in [0.3, 0.4) is 0 Å². The van der Waals surface area contributed by atoms with Gasteiger partial charge in [0.05, 0.1) is 16.9 Å². The minimum Gasteiger partial charge on any atom is -0.467 e. The molecule has 0 atom stereocenters. The van der Waals surface area contributed by atoms with Crippen LogP contribution in [0.5, 0.6) is 0 Å². The van der Waals surface area contributed by atoms with Crippen LogP contribution in [0.2, 0.25) is 0 Å². The molecule has 0 aliphatic carbocycles. The highest BCUT2D eigenvalue weighted by Gasteiger charge is 2.13. The lowest BCUT2D eigenvalue weighted by atomic mass is 10.4. The first-order valence-corrected chi connectivity index (χ1v) is 9.59. The molecule has 2 aromatic rings. The van der Waals surface area contributed by atoms with Crippen molar-refractivity contribution in [3.05, 3.63) is 54.5 Å². The van der Waals surface area contributed by atoms with Crippen molar-refractivity contribution in [3.8, 4) is 0 Å². The smallest absolute Gasteiger partial charge is 0.191 e. The monoisotopic (exact) mass is 477 g/mol. The predicted octanol–water partition coefficient (Wildman–Crippen LogP) is 2.82. The van der Waals surface area contributed by atoms with Gasteiger partial charge in [0.1, 0.15) is 12.3 Å². The van der Waals surface area contributed by atoms with Gasteiger partial charge in [0.2, 0.25) is 0 Å². The van der Waals surface area contributed by atoms with Gasteiger partial charge < -0.3 is 15.1 Å². The Bertz CT molecular complexity index is 732. The number of aliphatic imine (C=N–C) groups is 1. The topological polar surface area (TPSA) is 83.7 Å².